The third-order valence-corrected chi connectivity index (χ3v) is 5.18. The summed E-state index contributed by atoms with van der Waals surface area (Å²) in [6, 6.07) is 3.33. The first-order valence-electron chi connectivity index (χ1n) is 5.09. The van der Waals surface area contributed by atoms with Crippen molar-refractivity contribution in [2.45, 2.75) is 19.9 Å². The van der Waals surface area contributed by atoms with Gasteiger partial charge in [-0.3, -0.25) is 4.79 Å². The van der Waals surface area contributed by atoms with Crippen LogP contribution in [0.5, 0.6) is 0 Å². The van der Waals surface area contributed by atoms with Crippen LogP contribution in [0.15, 0.2) is 12.1 Å². The summed E-state index contributed by atoms with van der Waals surface area (Å²) < 4.78 is 23.1. The highest BCUT2D eigenvalue weighted by molar-refractivity contribution is 7.92. The average molecular weight is 296 g/mol. The minimum atomic E-state index is -3.28. The Labute approximate surface area is 110 Å². The molecule has 1 rings (SSSR count). The summed E-state index contributed by atoms with van der Waals surface area (Å²) in [6.45, 7) is 3.31. The molecule has 1 N–H and O–H groups in total. The Hall–Kier alpha value is -0.590. The fourth-order valence-corrected chi connectivity index (χ4v) is 2.97. The van der Waals surface area contributed by atoms with Gasteiger partial charge in [0.15, 0.2) is 9.84 Å². The molecule has 1 heterocycles. The number of halogens is 1. The molecule has 0 bridgehead atoms. The summed E-state index contributed by atoms with van der Waals surface area (Å²) in [5, 5.41) is 2.63. The van der Waals surface area contributed by atoms with Gasteiger partial charge in [0, 0.05) is 10.6 Å². The number of amides is 1. The summed E-state index contributed by atoms with van der Waals surface area (Å²) in [4.78, 5) is 12.4. The van der Waals surface area contributed by atoms with Gasteiger partial charge in [-0.05, 0) is 19.1 Å². The zero-order chi connectivity index (χ0) is 13.1. The Morgan fingerprint density at radius 1 is 1.53 bits per heavy atom. The van der Waals surface area contributed by atoms with E-state index in [4.69, 9.17) is 11.6 Å². The van der Waals surface area contributed by atoms with Crippen LogP contribution >= 0.6 is 22.9 Å². The fourth-order valence-electron chi connectivity index (χ4n) is 1.22. The molecule has 0 aliphatic heterocycles. The van der Waals surface area contributed by atoms with E-state index in [1.165, 1.54) is 18.3 Å². The van der Waals surface area contributed by atoms with Crippen LogP contribution in [0.3, 0.4) is 0 Å². The fraction of sp³-hybridized carbons (Fsp3) is 0.500. The van der Waals surface area contributed by atoms with Crippen LogP contribution in [0, 0.1) is 0 Å². The lowest BCUT2D eigenvalue weighted by molar-refractivity contribution is -0.119. The van der Waals surface area contributed by atoms with Crippen LogP contribution in [0.1, 0.15) is 24.8 Å². The van der Waals surface area contributed by atoms with E-state index in [1.807, 2.05) is 6.07 Å². The van der Waals surface area contributed by atoms with Crippen molar-refractivity contribution < 1.29 is 13.2 Å². The molecular formula is C10H14ClNO3S2. The third-order valence-electron chi connectivity index (χ3n) is 2.19. The highest BCUT2D eigenvalue weighted by Crippen LogP contribution is 2.26. The maximum Gasteiger partial charge on any atom is 0.235 e. The number of hydrogen-bond acceptors (Lipinski definition) is 4. The average Bonchev–Trinajstić information content (AvgIpc) is 2.64. The molecule has 1 atom stereocenters. The molecule has 7 heteroatoms. The number of hydrogen-bond donors (Lipinski definition) is 1. The Morgan fingerprint density at radius 3 is 2.65 bits per heavy atom. The Balaban J connectivity index is 2.58. The van der Waals surface area contributed by atoms with E-state index in [9.17, 15) is 13.2 Å². The van der Waals surface area contributed by atoms with Crippen molar-refractivity contribution in [3.63, 3.8) is 0 Å². The van der Waals surface area contributed by atoms with Crippen molar-refractivity contribution in [2.24, 2.45) is 0 Å². The highest BCUT2D eigenvalue weighted by Gasteiger charge is 2.17. The monoisotopic (exact) mass is 295 g/mol. The second-order valence-corrected chi connectivity index (χ2v) is 7.71. The first-order chi connectivity index (χ1) is 7.84. The van der Waals surface area contributed by atoms with Gasteiger partial charge in [-0.1, -0.05) is 18.5 Å². The molecule has 1 amide bonds. The molecular weight excluding hydrogens is 282 g/mol. The van der Waals surface area contributed by atoms with Gasteiger partial charge in [0.05, 0.1) is 10.4 Å². The van der Waals surface area contributed by atoms with E-state index in [2.05, 4.69) is 5.32 Å². The second-order valence-electron chi connectivity index (χ2n) is 3.61. The van der Waals surface area contributed by atoms with Gasteiger partial charge in [0.1, 0.15) is 5.75 Å². The van der Waals surface area contributed by atoms with Crippen molar-refractivity contribution in [3.8, 4) is 0 Å². The zero-order valence-electron chi connectivity index (χ0n) is 9.57. The number of thiophene rings is 1. The highest BCUT2D eigenvalue weighted by atomic mass is 35.5. The number of carbonyl (C=O) groups excluding carboxylic acids is 1. The van der Waals surface area contributed by atoms with E-state index in [0.29, 0.717) is 4.34 Å². The smallest absolute Gasteiger partial charge is 0.235 e. The second kappa shape index (κ2) is 5.84. The Morgan fingerprint density at radius 2 is 2.18 bits per heavy atom. The summed E-state index contributed by atoms with van der Waals surface area (Å²) >= 11 is 7.14. The molecule has 17 heavy (non-hydrogen) atoms. The van der Waals surface area contributed by atoms with Crippen LogP contribution in [-0.4, -0.2) is 25.8 Å². The minimum Gasteiger partial charge on any atom is -0.348 e. The van der Waals surface area contributed by atoms with Gasteiger partial charge in [-0.2, -0.15) is 0 Å². The summed E-state index contributed by atoms with van der Waals surface area (Å²) in [6.07, 6.45) is 0. The standard InChI is InChI=1S/C10H14ClNO3S2/c1-3-17(14,15)6-10(13)12-7(2)8-4-5-9(11)16-8/h4-5,7H,3,6H2,1-2H3,(H,12,13). The molecule has 1 aromatic heterocycles. The van der Waals surface area contributed by atoms with Crippen molar-refractivity contribution in [3.05, 3.63) is 21.3 Å². The molecule has 0 saturated carbocycles. The van der Waals surface area contributed by atoms with Gasteiger partial charge in [0.2, 0.25) is 5.91 Å². The molecule has 96 valence electrons. The molecule has 0 spiro atoms. The lowest BCUT2D eigenvalue weighted by atomic mass is 10.3. The van der Waals surface area contributed by atoms with Crippen LogP contribution in [0.25, 0.3) is 0 Å². The zero-order valence-corrected chi connectivity index (χ0v) is 12.0. The molecule has 0 aliphatic carbocycles. The lowest BCUT2D eigenvalue weighted by Gasteiger charge is -2.11. The first-order valence-corrected chi connectivity index (χ1v) is 8.10. The number of rotatable bonds is 5. The maximum atomic E-state index is 11.5. The summed E-state index contributed by atoms with van der Waals surface area (Å²) in [5.41, 5.74) is 0. The molecule has 0 saturated heterocycles. The summed E-state index contributed by atoms with van der Waals surface area (Å²) in [5.74, 6) is -0.976. The van der Waals surface area contributed by atoms with Gasteiger partial charge in [-0.25, -0.2) is 8.42 Å². The van der Waals surface area contributed by atoms with Gasteiger partial charge in [-0.15, -0.1) is 11.3 Å². The Kier molecular flexibility index (Phi) is 4.97. The molecule has 0 aromatic carbocycles. The maximum absolute atomic E-state index is 11.5. The van der Waals surface area contributed by atoms with E-state index < -0.39 is 21.5 Å². The molecule has 0 radical (unpaired) electrons. The number of carbonyl (C=O) groups is 1. The van der Waals surface area contributed by atoms with E-state index >= 15 is 0 Å². The van der Waals surface area contributed by atoms with Crippen molar-refractivity contribution >= 4 is 38.7 Å². The van der Waals surface area contributed by atoms with E-state index in [1.54, 1.807) is 13.0 Å². The largest absolute Gasteiger partial charge is 0.348 e. The SMILES string of the molecule is CCS(=O)(=O)CC(=O)NC(C)c1ccc(Cl)s1. The van der Waals surface area contributed by atoms with Gasteiger partial charge >= 0.3 is 0 Å². The summed E-state index contributed by atoms with van der Waals surface area (Å²) in [7, 11) is -3.28. The predicted molar refractivity (Wildman–Crippen MR) is 70.2 cm³/mol. The van der Waals surface area contributed by atoms with Crippen LogP contribution in [-0.2, 0) is 14.6 Å². The molecule has 1 aromatic rings. The topological polar surface area (TPSA) is 63.2 Å². The van der Waals surface area contributed by atoms with E-state index in [0.717, 1.165) is 4.88 Å². The van der Waals surface area contributed by atoms with Crippen molar-refractivity contribution in [1.29, 1.82) is 0 Å². The molecule has 4 nitrogen and oxygen atoms in total. The van der Waals surface area contributed by atoms with Crippen LogP contribution in [0.4, 0.5) is 0 Å². The lowest BCUT2D eigenvalue weighted by Crippen LogP contribution is -2.32. The minimum absolute atomic E-state index is 0.0281. The Bertz CT molecular complexity index is 495. The molecule has 0 aliphatic rings. The third kappa shape index (κ3) is 4.65. The number of sulfone groups is 1. The first kappa shape index (κ1) is 14.5. The van der Waals surface area contributed by atoms with Crippen LogP contribution in [0.2, 0.25) is 4.34 Å². The van der Waals surface area contributed by atoms with Crippen molar-refractivity contribution in [2.75, 3.05) is 11.5 Å². The predicted octanol–water partition coefficient (Wildman–Crippen LogP) is 2.01. The van der Waals surface area contributed by atoms with Crippen LogP contribution < -0.4 is 5.32 Å². The quantitative estimate of drug-likeness (QED) is 0.904. The van der Waals surface area contributed by atoms with Gasteiger partial charge < -0.3 is 5.32 Å². The normalized spacial score (nSPS) is 13.4. The molecule has 1 unspecified atom stereocenters. The van der Waals surface area contributed by atoms with E-state index in [-0.39, 0.29) is 11.8 Å². The van der Waals surface area contributed by atoms with Gasteiger partial charge in [0.25, 0.3) is 0 Å². The van der Waals surface area contributed by atoms with Crippen molar-refractivity contribution in [1.82, 2.24) is 5.32 Å². The number of nitrogens with one attached hydrogen (secondary N) is 1. The molecule has 0 fully saturated rings.